The lowest BCUT2D eigenvalue weighted by atomic mass is 10.1. The summed E-state index contributed by atoms with van der Waals surface area (Å²) in [6, 6.07) is 4.84. The van der Waals surface area contributed by atoms with Gasteiger partial charge in [0.05, 0.1) is 18.1 Å². The number of nitrogens with zero attached hydrogens (tertiary/aromatic N) is 1. The molecule has 0 bridgehead atoms. The van der Waals surface area contributed by atoms with Crippen molar-refractivity contribution in [3.05, 3.63) is 28.8 Å². The van der Waals surface area contributed by atoms with Crippen molar-refractivity contribution in [2.45, 2.75) is 13.3 Å². The van der Waals surface area contributed by atoms with Crippen molar-refractivity contribution in [1.82, 2.24) is 4.90 Å². The number of hydrogen-bond donors (Lipinski definition) is 1. The molecule has 0 radical (unpaired) electrons. The van der Waals surface area contributed by atoms with Crippen molar-refractivity contribution in [2.75, 3.05) is 19.7 Å². The maximum Gasteiger partial charge on any atom is 0.308 e. The topological polar surface area (TPSA) is 66.8 Å². The Labute approximate surface area is 122 Å². The lowest BCUT2D eigenvalue weighted by Gasteiger charge is -2.18. The van der Waals surface area contributed by atoms with Crippen molar-refractivity contribution < 1.29 is 19.4 Å². The van der Waals surface area contributed by atoms with Crippen molar-refractivity contribution in [3.63, 3.8) is 0 Å². The first-order valence-electron chi connectivity index (χ1n) is 6.47. The maximum absolute atomic E-state index is 12.4. The van der Waals surface area contributed by atoms with Crippen LogP contribution in [0.15, 0.2) is 18.2 Å². The number of ether oxygens (including phenoxy) is 1. The summed E-state index contributed by atoms with van der Waals surface area (Å²) in [6.45, 7) is 2.94. The fraction of sp³-hybridized carbons (Fsp3) is 0.429. The molecule has 1 saturated heterocycles. The number of carboxylic acid groups (broad SMARTS) is 1. The number of carboxylic acids is 1. The molecule has 6 heteroatoms. The lowest BCUT2D eigenvalue weighted by molar-refractivity contribution is -0.141. The smallest absolute Gasteiger partial charge is 0.308 e. The van der Waals surface area contributed by atoms with Crippen LogP contribution in [0.5, 0.6) is 5.75 Å². The Morgan fingerprint density at radius 2 is 2.25 bits per heavy atom. The summed E-state index contributed by atoms with van der Waals surface area (Å²) in [5.41, 5.74) is 0.419. The predicted molar refractivity (Wildman–Crippen MR) is 74.3 cm³/mol. The predicted octanol–water partition coefficient (Wildman–Crippen LogP) is 2.29. The molecule has 0 aromatic heterocycles. The van der Waals surface area contributed by atoms with Gasteiger partial charge in [-0.2, -0.15) is 0 Å². The normalized spacial score (nSPS) is 18.1. The van der Waals surface area contributed by atoms with Crippen molar-refractivity contribution in [2.24, 2.45) is 5.92 Å². The van der Waals surface area contributed by atoms with Crippen molar-refractivity contribution in [1.29, 1.82) is 0 Å². The van der Waals surface area contributed by atoms with E-state index in [2.05, 4.69) is 0 Å². The summed E-state index contributed by atoms with van der Waals surface area (Å²) in [6.07, 6.45) is 0.485. The third-order valence-electron chi connectivity index (χ3n) is 3.30. The van der Waals surface area contributed by atoms with Crippen LogP contribution in [-0.4, -0.2) is 41.6 Å². The van der Waals surface area contributed by atoms with Crippen LogP contribution in [0.25, 0.3) is 0 Å². The summed E-state index contributed by atoms with van der Waals surface area (Å²) < 4.78 is 5.42. The fourth-order valence-corrected chi connectivity index (χ4v) is 2.43. The lowest BCUT2D eigenvalue weighted by Crippen LogP contribution is -2.30. The van der Waals surface area contributed by atoms with Gasteiger partial charge in [0.15, 0.2) is 0 Å². The van der Waals surface area contributed by atoms with E-state index in [4.69, 9.17) is 21.4 Å². The molecule has 0 saturated carbocycles. The third-order valence-corrected chi connectivity index (χ3v) is 3.53. The van der Waals surface area contributed by atoms with Crippen molar-refractivity contribution >= 4 is 23.5 Å². The van der Waals surface area contributed by atoms with Crippen LogP contribution in [0.3, 0.4) is 0 Å². The fourth-order valence-electron chi connectivity index (χ4n) is 2.26. The van der Waals surface area contributed by atoms with E-state index in [1.807, 2.05) is 6.92 Å². The zero-order valence-electron chi connectivity index (χ0n) is 11.1. The van der Waals surface area contributed by atoms with E-state index in [0.29, 0.717) is 35.9 Å². The zero-order valence-corrected chi connectivity index (χ0v) is 11.9. The molecule has 0 aliphatic carbocycles. The number of carbonyl (C=O) groups is 2. The monoisotopic (exact) mass is 297 g/mol. The van der Waals surface area contributed by atoms with Gasteiger partial charge in [0, 0.05) is 18.1 Å². The van der Waals surface area contributed by atoms with Gasteiger partial charge >= 0.3 is 5.97 Å². The average Bonchev–Trinajstić information content (AvgIpc) is 2.88. The van der Waals surface area contributed by atoms with Crippen LogP contribution in [0, 0.1) is 5.92 Å². The van der Waals surface area contributed by atoms with E-state index in [0.717, 1.165) is 0 Å². The van der Waals surface area contributed by atoms with Gasteiger partial charge in [-0.25, -0.2) is 0 Å². The third kappa shape index (κ3) is 3.04. The summed E-state index contributed by atoms with van der Waals surface area (Å²) in [7, 11) is 0. The van der Waals surface area contributed by atoms with Crippen LogP contribution < -0.4 is 4.74 Å². The summed E-state index contributed by atoms with van der Waals surface area (Å²) in [4.78, 5) is 24.9. The number of benzene rings is 1. The molecular weight excluding hydrogens is 282 g/mol. The SMILES string of the molecule is CCOc1cc(Cl)ccc1C(=O)N1CCC(C(=O)O)C1. The molecule has 20 heavy (non-hydrogen) atoms. The Balaban J connectivity index is 2.19. The minimum Gasteiger partial charge on any atom is -0.493 e. The van der Waals surface area contributed by atoms with Crippen LogP contribution in [0.1, 0.15) is 23.7 Å². The highest BCUT2D eigenvalue weighted by Gasteiger charge is 2.32. The summed E-state index contributed by atoms with van der Waals surface area (Å²) in [5.74, 6) is -1.12. The van der Waals surface area contributed by atoms with Crippen LogP contribution in [-0.2, 0) is 4.79 Å². The van der Waals surface area contributed by atoms with E-state index in [9.17, 15) is 9.59 Å². The highest BCUT2D eigenvalue weighted by molar-refractivity contribution is 6.30. The molecular formula is C14H16ClNO4. The van der Waals surface area contributed by atoms with Gasteiger partial charge in [0.25, 0.3) is 5.91 Å². The second-order valence-electron chi connectivity index (χ2n) is 4.65. The second kappa shape index (κ2) is 6.13. The largest absolute Gasteiger partial charge is 0.493 e. The molecule has 0 spiro atoms. The number of hydrogen-bond acceptors (Lipinski definition) is 3. The van der Waals surface area contributed by atoms with E-state index in [1.54, 1.807) is 23.1 Å². The molecule has 5 nitrogen and oxygen atoms in total. The molecule has 1 aromatic carbocycles. The molecule has 2 rings (SSSR count). The molecule has 108 valence electrons. The molecule has 1 atom stereocenters. The second-order valence-corrected chi connectivity index (χ2v) is 5.08. The Morgan fingerprint density at radius 1 is 1.50 bits per heavy atom. The first kappa shape index (κ1) is 14.7. The van der Waals surface area contributed by atoms with E-state index in [1.165, 1.54) is 0 Å². The van der Waals surface area contributed by atoms with Gasteiger partial charge in [-0.3, -0.25) is 9.59 Å². The highest BCUT2D eigenvalue weighted by atomic mass is 35.5. The number of aliphatic carboxylic acids is 1. The Bertz CT molecular complexity index is 532. The van der Waals surface area contributed by atoms with Gasteiger partial charge in [0.1, 0.15) is 5.75 Å². The molecule has 1 amide bonds. The first-order valence-corrected chi connectivity index (χ1v) is 6.85. The van der Waals surface area contributed by atoms with Crippen LogP contribution >= 0.6 is 11.6 Å². The maximum atomic E-state index is 12.4. The highest BCUT2D eigenvalue weighted by Crippen LogP contribution is 2.27. The summed E-state index contributed by atoms with van der Waals surface area (Å²) >= 11 is 5.90. The quantitative estimate of drug-likeness (QED) is 0.926. The number of rotatable bonds is 4. The van der Waals surface area contributed by atoms with Crippen LogP contribution in [0.4, 0.5) is 0 Å². The minimum absolute atomic E-state index is 0.214. The number of carbonyl (C=O) groups excluding carboxylic acids is 1. The van der Waals surface area contributed by atoms with Gasteiger partial charge in [0.2, 0.25) is 0 Å². The van der Waals surface area contributed by atoms with E-state index < -0.39 is 11.9 Å². The summed E-state index contributed by atoms with van der Waals surface area (Å²) in [5, 5.41) is 9.47. The first-order chi connectivity index (χ1) is 9.52. The van der Waals surface area contributed by atoms with Gasteiger partial charge in [-0.05, 0) is 31.5 Å². The van der Waals surface area contributed by atoms with Crippen molar-refractivity contribution in [3.8, 4) is 5.75 Å². The molecule has 1 fully saturated rings. The molecule has 1 aromatic rings. The standard InChI is InChI=1S/C14H16ClNO4/c1-2-20-12-7-10(15)3-4-11(12)13(17)16-6-5-9(8-16)14(18)19/h3-4,7,9H,2,5-6,8H2,1H3,(H,18,19). The molecule has 1 aliphatic heterocycles. The molecule has 1 N–H and O–H groups in total. The average molecular weight is 298 g/mol. The van der Waals surface area contributed by atoms with Gasteiger partial charge in [-0.15, -0.1) is 0 Å². The number of likely N-dealkylation sites (tertiary alicyclic amines) is 1. The van der Waals surface area contributed by atoms with Crippen LogP contribution in [0.2, 0.25) is 5.02 Å². The minimum atomic E-state index is -0.860. The zero-order chi connectivity index (χ0) is 14.7. The van der Waals surface area contributed by atoms with Gasteiger partial charge < -0.3 is 14.7 Å². The van der Waals surface area contributed by atoms with E-state index >= 15 is 0 Å². The number of amides is 1. The number of halogens is 1. The molecule has 1 unspecified atom stereocenters. The van der Waals surface area contributed by atoms with E-state index in [-0.39, 0.29) is 12.5 Å². The molecule has 1 heterocycles. The Hall–Kier alpha value is -1.75. The Morgan fingerprint density at radius 3 is 2.85 bits per heavy atom. The molecule has 1 aliphatic rings. The van der Waals surface area contributed by atoms with Gasteiger partial charge in [-0.1, -0.05) is 11.6 Å². The Kier molecular flexibility index (Phi) is 4.49.